The van der Waals surface area contributed by atoms with Crippen LogP contribution in [0.1, 0.15) is 70.0 Å². The van der Waals surface area contributed by atoms with Crippen molar-refractivity contribution >= 4 is 0 Å². The molecule has 1 fully saturated rings. The normalized spacial score (nSPS) is 19.5. The standard InChI is InChI=1S/C18H29N/c1-4-7-16-10-12-18(13-11-16)15(3)19-14(2)17-8-5-6-9-17/h10-15,17,19H,4-9H2,1-3H3/t14-,15?/m0/s1. The molecule has 2 rings (SSSR count). The SMILES string of the molecule is CCCc1ccc(C(C)N[C@@H](C)C2CCCC2)cc1. The third kappa shape index (κ3) is 4.07. The maximum Gasteiger partial charge on any atom is 0.0294 e. The molecule has 1 saturated carbocycles. The van der Waals surface area contributed by atoms with E-state index in [2.05, 4.69) is 50.4 Å². The molecule has 19 heavy (non-hydrogen) atoms. The number of rotatable bonds is 6. The van der Waals surface area contributed by atoms with Gasteiger partial charge < -0.3 is 5.32 Å². The fourth-order valence-corrected chi connectivity index (χ4v) is 3.35. The molecule has 1 aliphatic carbocycles. The highest BCUT2D eigenvalue weighted by Gasteiger charge is 2.22. The van der Waals surface area contributed by atoms with E-state index in [1.807, 2.05) is 0 Å². The van der Waals surface area contributed by atoms with Gasteiger partial charge in [-0.15, -0.1) is 0 Å². The Morgan fingerprint density at radius 2 is 1.74 bits per heavy atom. The Bertz CT molecular complexity index is 362. The molecule has 2 atom stereocenters. The van der Waals surface area contributed by atoms with Crippen LogP contribution in [0.15, 0.2) is 24.3 Å². The van der Waals surface area contributed by atoms with Crippen molar-refractivity contribution in [1.29, 1.82) is 0 Å². The zero-order chi connectivity index (χ0) is 13.7. The molecule has 1 aromatic carbocycles. The third-order valence-corrected chi connectivity index (χ3v) is 4.64. The van der Waals surface area contributed by atoms with Crippen molar-refractivity contribution in [2.75, 3.05) is 0 Å². The second-order valence-corrected chi connectivity index (χ2v) is 6.21. The molecule has 1 aromatic rings. The summed E-state index contributed by atoms with van der Waals surface area (Å²) < 4.78 is 0. The van der Waals surface area contributed by atoms with Crippen LogP contribution in [0.25, 0.3) is 0 Å². The van der Waals surface area contributed by atoms with Crippen molar-refractivity contribution in [3.8, 4) is 0 Å². The molecule has 0 aliphatic heterocycles. The van der Waals surface area contributed by atoms with E-state index in [0.29, 0.717) is 12.1 Å². The summed E-state index contributed by atoms with van der Waals surface area (Å²) >= 11 is 0. The predicted molar refractivity (Wildman–Crippen MR) is 83.4 cm³/mol. The predicted octanol–water partition coefficient (Wildman–Crippen LogP) is 4.87. The maximum atomic E-state index is 3.79. The Labute approximate surface area is 118 Å². The van der Waals surface area contributed by atoms with Crippen molar-refractivity contribution in [1.82, 2.24) is 5.32 Å². The Morgan fingerprint density at radius 1 is 1.11 bits per heavy atom. The van der Waals surface area contributed by atoms with E-state index in [1.54, 1.807) is 0 Å². The van der Waals surface area contributed by atoms with Gasteiger partial charge in [-0.1, -0.05) is 50.5 Å². The van der Waals surface area contributed by atoms with Crippen LogP contribution in [0.4, 0.5) is 0 Å². The molecular weight excluding hydrogens is 230 g/mol. The van der Waals surface area contributed by atoms with E-state index < -0.39 is 0 Å². The van der Waals surface area contributed by atoms with Gasteiger partial charge in [0, 0.05) is 12.1 Å². The van der Waals surface area contributed by atoms with Crippen LogP contribution in [0, 0.1) is 5.92 Å². The van der Waals surface area contributed by atoms with Gasteiger partial charge in [0.25, 0.3) is 0 Å². The molecule has 1 aliphatic rings. The second-order valence-electron chi connectivity index (χ2n) is 6.21. The molecular formula is C18H29N. The molecule has 106 valence electrons. The van der Waals surface area contributed by atoms with Crippen LogP contribution in [0.3, 0.4) is 0 Å². The number of hydrogen-bond acceptors (Lipinski definition) is 1. The molecule has 0 bridgehead atoms. The molecule has 0 radical (unpaired) electrons. The maximum absolute atomic E-state index is 3.79. The Morgan fingerprint density at radius 3 is 2.32 bits per heavy atom. The lowest BCUT2D eigenvalue weighted by molar-refractivity contribution is 0.352. The summed E-state index contributed by atoms with van der Waals surface area (Å²) in [6.45, 7) is 6.89. The smallest absolute Gasteiger partial charge is 0.0294 e. The fraction of sp³-hybridized carbons (Fsp3) is 0.667. The van der Waals surface area contributed by atoms with E-state index in [0.717, 1.165) is 5.92 Å². The lowest BCUT2D eigenvalue weighted by Gasteiger charge is -2.25. The zero-order valence-corrected chi connectivity index (χ0v) is 12.8. The Kier molecular flexibility index (Phi) is 5.45. The number of aryl methyl sites for hydroxylation is 1. The average Bonchev–Trinajstić information content (AvgIpc) is 2.94. The number of hydrogen-bond donors (Lipinski definition) is 1. The first-order chi connectivity index (χ1) is 9.20. The van der Waals surface area contributed by atoms with E-state index in [4.69, 9.17) is 0 Å². The van der Waals surface area contributed by atoms with Gasteiger partial charge in [-0.05, 0) is 50.2 Å². The van der Waals surface area contributed by atoms with Crippen LogP contribution in [0.2, 0.25) is 0 Å². The molecule has 1 unspecified atom stereocenters. The molecule has 0 heterocycles. The first-order valence-electron chi connectivity index (χ1n) is 8.05. The van der Waals surface area contributed by atoms with Crippen molar-refractivity contribution in [2.24, 2.45) is 5.92 Å². The number of benzene rings is 1. The van der Waals surface area contributed by atoms with Gasteiger partial charge in [-0.2, -0.15) is 0 Å². The van der Waals surface area contributed by atoms with Crippen LogP contribution in [0.5, 0.6) is 0 Å². The van der Waals surface area contributed by atoms with E-state index in [1.165, 1.54) is 49.7 Å². The summed E-state index contributed by atoms with van der Waals surface area (Å²) in [7, 11) is 0. The first kappa shape index (κ1) is 14.6. The molecule has 1 nitrogen and oxygen atoms in total. The van der Waals surface area contributed by atoms with Gasteiger partial charge in [-0.3, -0.25) is 0 Å². The molecule has 0 spiro atoms. The van der Waals surface area contributed by atoms with Gasteiger partial charge in [0.1, 0.15) is 0 Å². The monoisotopic (exact) mass is 259 g/mol. The minimum absolute atomic E-state index is 0.464. The Hall–Kier alpha value is -0.820. The van der Waals surface area contributed by atoms with Gasteiger partial charge in [0.05, 0.1) is 0 Å². The van der Waals surface area contributed by atoms with Crippen LogP contribution in [-0.2, 0) is 6.42 Å². The van der Waals surface area contributed by atoms with E-state index in [9.17, 15) is 0 Å². The average molecular weight is 259 g/mol. The van der Waals surface area contributed by atoms with Gasteiger partial charge in [0.15, 0.2) is 0 Å². The largest absolute Gasteiger partial charge is 0.307 e. The quantitative estimate of drug-likeness (QED) is 0.768. The molecule has 0 saturated heterocycles. The van der Waals surface area contributed by atoms with Crippen LogP contribution >= 0.6 is 0 Å². The summed E-state index contributed by atoms with van der Waals surface area (Å²) in [6.07, 6.45) is 8.10. The molecule has 1 heteroatoms. The summed E-state index contributed by atoms with van der Waals surface area (Å²) in [5, 5.41) is 3.79. The van der Waals surface area contributed by atoms with Crippen molar-refractivity contribution in [3.05, 3.63) is 35.4 Å². The lowest BCUT2D eigenvalue weighted by atomic mass is 9.97. The first-order valence-corrected chi connectivity index (χ1v) is 8.05. The van der Waals surface area contributed by atoms with Crippen molar-refractivity contribution in [2.45, 2.75) is 71.4 Å². The summed E-state index contributed by atoms with van der Waals surface area (Å²) in [4.78, 5) is 0. The van der Waals surface area contributed by atoms with Crippen molar-refractivity contribution in [3.63, 3.8) is 0 Å². The minimum atomic E-state index is 0.464. The van der Waals surface area contributed by atoms with Gasteiger partial charge in [0.2, 0.25) is 0 Å². The highest BCUT2D eigenvalue weighted by atomic mass is 14.9. The minimum Gasteiger partial charge on any atom is -0.307 e. The van der Waals surface area contributed by atoms with E-state index >= 15 is 0 Å². The van der Waals surface area contributed by atoms with E-state index in [-0.39, 0.29) is 0 Å². The summed E-state index contributed by atoms with van der Waals surface area (Å²) in [5.74, 6) is 0.891. The molecule has 0 aromatic heterocycles. The topological polar surface area (TPSA) is 12.0 Å². The van der Waals surface area contributed by atoms with Crippen LogP contribution in [-0.4, -0.2) is 6.04 Å². The highest BCUT2D eigenvalue weighted by Crippen LogP contribution is 2.28. The zero-order valence-electron chi connectivity index (χ0n) is 12.8. The summed E-state index contributed by atoms with van der Waals surface area (Å²) in [5.41, 5.74) is 2.88. The number of nitrogens with one attached hydrogen (secondary N) is 1. The Balaban J connectivity index is 1.89. The second kappa shape index (κ2) is 7.09. The lowest BCUT2D eigenvalue weighted by Crippen LogP contribution is -2.34. The molecule has 0 amide bonds. The van der Waals surface area contributed by atoms with Gasteiger partial charge >= 0.3 is 0 Å². The molecule has 1 N–H and O–H groups in total. The summed E-state index contributed by atoms with van der Waals surface area (Å²) in [6, 6.07) is 10.3. The highest BCUT2D eigenvalue weighted by molar-refractivity contribution is 5.24. The fourth-order valence-electron chi connectivity index (χ4n) is 3.35. The van der Waals surface area contributed by atoms with Crippen LogP contribution < -0.4 is 5.32 Å². The van der Waals surface area contributed by atoms with Crippen molar-refractivity contribution < 1.29 is 0 Å². The van der Waals surface area contributed by atoms with Gasteiger partial charge in [-0.25, -0.2) is 0 Å². The third-order valence-electron chi connectivity index (χ3n) is 4.64.